The first-order valence-electron chi connectivity index (χ1n) is 0.993. The van der Waals surface area contributed by atoms with Crippen LogP contribution in [0.2, 0.25) is 0 Å². The minimum Gasteiger partial charge on any atom is -1.00 e. The molecule has 0 unspecified atom stereocenters. The zero-order valence-electron chi connectivity index (χ0n) is 6.49. The Balaban J connectivity index is -0.00000000750. The molecule has 6 heavy (non-hydrogen) atoms. The van der Waals surface area contributed by atoms with E-state index in [-0.39, 0.29) is 112 Å². The molecular formula is C2H7K2NO. The summed E-state index contributed by atoms with van der Waals surface area (Å²) in [5.41, 5.74) is 4.47. The van der Waals surface area contributed by atoms with Crippen molar-refractivity contribution >= 4 is 5.91 Å². The van der Waals surface area contributed by atoms with E-state index in [1.165, 1.54) is 6.92 Å². The largest absolute Gasteiger partial charge is 1.00 e. The average molecular weight is 139 g/mol. The molecule has 0 aliphatic rings. The Bertz CT molecular complexity index is 41.0. The summed E-state index contributed by atoms with van der Waals surface area (Å²) in [4.78, 5) is 9.22. The predicted molar refractivity (Wildman–Crippen MR) is 17.1 cm³/mol. The molecule has 0 rings (SSSR count). The van der Waals surface area contributed by atoms with E-state index in [4.69, 9.17) is 0 Å². The zero-order chi connectivity index (χ0) is 3.58. The van der Waals surface area contributed by atoms with Crippen LogP contribution in [0.15, 0.2) is 0 Å². The van der Waals surface area contributed by atoms with Gasteiger partial charge in [0.1, 0.15) is 0 Å². The van der Waals surface area contributed by atoms with Crippen molar-refractivity contribution < 1.29 is 110 Å². The molecule has 0 heterocycles. The molecule has 2 nitrogen and oxygen atoms in total. The van der Waals surface area contributed by atoms with Gasteiger partial charge in [-0.3, -0.25) is 4.79 Å². The van der Waals surface area contributed by atoms with Crippen molar-refractivity contribution in [3.05, 3.63) is 0 Å². The van der Waals surface area contributed by atoms with Crippen LogP contribution in [0.4, 0.5) is 0 Å². The fourth-order valence-corrected chi connectivity index (χ4v) is 0. The number of primary amides is 1. The van der Waals surface area contributed by atoms with Crippen molar-refractivity contribution in [2.75, 3.05) is 0 Å². The molecule has 0 aliphatic heterocycles. The van der Waals surface area contributed by atoms with Gasteiger partial charge in [0.25, 0.3) is 0 Å². The number of carbonyl (C=O) groups is 1. The van der Waals surface area contributed by atoms with Crippen molar-refractivity contribution in [2.45, 2.75) is 6.92 Å². The molecule has 0 atom stereocenters. The van der Waals surface area contributed by atoms with E-state index in [2.05, 4.69) is 5.73 Å². The van der Waals surface area contributed by atoms with Gasteiger partial charge in [-0.15, -0.1) is 0 Å². The van der Waals surface area contributed by atoms with Crippen LogP contribution in [0, 0.1) is 0 Å². The molecule has 2 N–H and O–H groups in total. The predicted octanol–water partition coefficient (Wildman–Crippen LogP) is -6.28. The molecule has 0 bridgehead atoms. The first-order chi connectivity index (χ1) is 1.73. The molecule has 0 aromatic carbocycles. The van der Waals surface area contributed by atoms with Gasteiger partial charge in [0, 0.05) is 6.92 Å². The Kier molecular flexibility index (Phi) is 28.3. The molecule has 0 aromatic heterocycles. The monoisotopic (exact) mass is 139 g/mol. The van der Waals surface area contributed by atoms with Crippen molar-refractivity contribution in [2.24, 2.45) is 5.73 Å². The minimum absolute atomic E-state index is 0. The second kappa shape index (κ2) is 10.7. The number of nitrogens with two attached hydrogens (primary N) is 1. The Hall–Kier alpha value is 2.74. The van der Waals surface area contributed by atoms with Crippen LogP contribution >= 0.6 is 0 Å². The molecule has 0 spiro atoms. The third kappa shape index (κ3) is 29.6. The standard InChI is InChI=1S/C2H5NO.2K.2H/c1-2(3)4;;;;/h1H3,(H2,3,4);;;;/q;2*+1;2*-1. The van der Waals surface area contributed by atoms with Crippen LogP contribution in [0.25, 0.3) is 0 Å². The average Bonchev–Trinajstić information content (AvgIpc) is 0.811. The first kappa shape index (κ1) is 15.9. The van der Waals surface area contributed by atoms with E-state index in [1.807, 2.05) is 0 Å². The topological polar surface area (TPSA) is 43.1 Å². The molecule has 0 aliphatic carbocycles. The molecule has 0 fully saturated rings. The van der Waals surface area contributed by atoms with E-state index in [0.717, 1.165) is 0 Å². The Labute approximate surface area is 125 Å². The summed E-state index contributed by atoms with van der Waals surface area (Å²) in [6.45, 7) is 1.31. The maximum Gasteiger partial charge on any atom is 1.00 e. The third-order valence-electron chi connectivity index (χ3n) is 0. The van der Waals surface area contributed by atoms with Gasteiger partial charge in [-0.2, -0.15) is 0 Å². The van der Waals surface area contributed by atoms with E-state index < -0.39 is 0 Å². The summed E-state index contributed by atoms with van der Waals surface area (Å²) in [5, 5.41) is 0. The zero-order valence-corrected chi connectivity index (χ0v) is 10.7. The minimum atomic E-state index is -0.333. The maximum absolute atomic E-state index is 9.22. The van der Waals surface area contributed by atoms with Crippen LogP contribution in [0.5, 0.6) is 0 Å². The maximum atomic E-state index is 9.22. The van der Waals surface area contributed by atoms with Crippen molar-refractivity contribution in [1.29, 1.82) is 0 Å². The number of hydrogen-bond acceptors (Lipinski definition) is 1. The summed E-state index contributed by atoms with van der Waals surface area (Å²) in [5.74, 6) is -0.333. The summed E-state index contributed by atoms with van der Waals surface area (Å²) in [6.07, 6.45) is 0. The molecular weight excluding hydrogens is 132 g/mol. The SMILES string of the molecule is CC(N)=O.[H-].[H-].[K+].[K+]. The Morgan fingerprint density at radius 1 is 1.67 bits per heavy atom. The number of amides is 1. The van der Waals surface area contributed by atoms with Gasteiger partial charge in [-0.25, -0.2) is 0 Å². The quantitative estimate of drug-likeness (QED) is 0.333. The molecule has 1 amide bonds. The number of rotatable bonds is 0. The number of hydrogen-bond donors (Lipinski definition) is 1. The van der Waals surface area contributed by atoms with Crippen LogP contribution in [-0.2, 0) is 4.79 Å². The van der Waals surface area contributed by atoms with E-state index in [9.17, 15) is 4.79 Å². The smallest absolute Gasteiger partial charge is 1.00 e. The van der Waals surface area contributed by atoms with Gasteiger partial charge in [-0.1, -0.05) is 0 Å². The molecule has 28 valence electrons. The summed E-state index contributed by atoms with van der Waals surface area (Å²) in [7, 11) is 0. The molecule has 0 radical (unpaired) electrons. The van der Waals surface area contributed by atoms with Crippen LogP contribution in [0.3, 0.4) is 0 Å². The number of carbonyl (C=O) groups excluding carboxylic acids is 1. The van der Waals surface area contributed by atoms with Crippen LogP contribution in [0.1, 0.15) is 9.78 Å². The Morgan fingerprint density at radius 2 is 1.67 bits per heavy atom. The van der Waals surface area contributed by atoms with Crippen molar-refractivity contribution in [1.82, 2.24) is 0 Å². The van der Waals surface area contributed by atoms with Crippen molar-refractivity contribution in [3.8, 4) is 0 Å². The second-order valence-corrected chi connectivity index (χ2v) is 0.611. The molecule has 0 saturated carbocycles. The molecule has 0 saturated heterocycles. The van der Waals surface area contributed by atoms with Gasteiger partial charge < -0.3 is 8.59 Å². The summed E-state index contributed by atoms with van der Waals surface area (Å²) in [6, 6.07) is 0. The summed E-state index contributed by atoms with van der Waals surface area (Å²) < 4.78 is 0. The van der Waals surface area contributed by atoms with Gasteiger partial charge >= 0.3 is 103 Å². The fourth-order valence-electron chi connectivity index (χ4n) is 0. The van der Waals surface area contributed by atoms with Crippen molar-refractivity contribution in [3.63, 3.8) is 0 Å². The van der Waals surface area contributed by atoms with Gasteiger partial charge in [0.15, 0.2) is 0 Å². The first-order valence-corrected chi connectivity index (χ1v) is 0.993. The van der Waals surface area contributed by atoms with E-state index in [1.54, 1.807) is 0 Å². The van der Waals surface area contributed by atoms with Gasteiger partial charge in [0.05, 0.1) is 0 Å². The molecule has 0 aromatic rings. The van der Waals surface area contributed by atoms with E-state index >= 15 is 0 Å². The van der Waals surface area contributed by atoms with Crippen LogP contribution < -0.4 is 109 Å². The normalized spacial score (nSPS) is 4.17. The molecule has 4 heteroatoms. The second-order valence-electron chi connectivity index (χ2n) is 0.611. The Morgan fingerprint density at radius 3 is 1.67 bits per heavy atom. The third-order valence-corrected chi connectivity index (χ3v) is 0. The van der Waals surface area contributed by atoms with Crippen LogP contribution in [-0.4, -0.2) is 5.91 Å². The van der Waals surface area contributed by atoms with Gasteiger partial charge in [0.2, 0.25) is 5.91 Å². The fraction of sp³-hybridized carbons (Fsp3) is 0.500. The summed E-state index contributed by atoms with van der Waals surface area (Å²) >= 11 is 0. The van der Waals surface area contributed by atoms with E-state index in [0.29, 0.717) is 0 Å². The van der Waals surface area contributed by atoms with Gasteiger partial charge in [-0.05, 0) is 0 Å².